The molecule has 0 atom stereocenters. The highest BCUT2D eigenvalue weighted by Gasteiger charge is 2.34. The number of carbonyl (C=O) groups excluding carboxylic acids is 1. The molecule has 1 amide bonds. The Hall–Kier alpha value is -1.65. The van der Waals surface area contributed by atoms with Crippen LogP contribution in [0.2, 0.25) is 0 Å². The second kappa shape index (κ2) is 9.44. The molecule has 0 fully saturated rings. The molecule has 2 aromatic rings. The molecule has 0 aliphatic carbocycles. The van der Waals surface area contributed by atoms with E-state index in [0.717, 1.165) is 44.1 Å². The Morgan fingerprint density at radius 3 is 2.07 bits per heavy atom. The van der Waals surface area contributed by atoms with Crippen molar-refractivity contribution in [2.24, 2.45) is 5.73 Å². The van der Waals surface area contributed by atoms with E-state index in [1.807, 2.05) is 6.92 Å². The van der Waals surface area contributed by atoms with Crippen molar-refractivity contribution in [3.63, 3.8) is 0 Å². The fourth-order valence-corrected chi connectivity index (χ4v) is 5.73. The molecule has 160 valence electrons. The highest BCUT2D eigenvalue weighted by molar-refractivity contribution is 7.14. The van der Waals surface area contributed by atoms with Gasteiger partial charge >= 0.3 is 0 Å². The molecular formula is C25H37NO2S. The van der Waals surface area contributed by atoms with Crippen LogP contribution in [0, 0.1) is 13.8 Å². The van der Waals surface area contributed by atoms with E-state index < -0.39 is 5.60 Å². The second-order valence-electron chi connectivity index (χ2n) is 8.35. The summed E-state index contributed by atoms with van der Waals surface area (Å²) in [6.45, 7) is 12.7. The zero-order chi connectivity index (χ0) is 21.8. The van der Waals surface area contributed by atoms with Crippen LogP contribution in [0.3, 0.4) is 0 Å². The Morgan fingerprint density at radius 2 is 1.62 bits per heavy atom. The molecule has 0 aliphatic rings. The zero-order valence-electron chi connectivity index (χ0n) is 18.9. The lowest BCUT2D eigenvalue weighted by Gasteiger charge is -2.32. The van der Waals surface area contributed by atoms with Gasteiger partial charge in [0.05, 0.1) is 10.5 Å². The van der Waals surface area contributed by atoms with Crippen molar-refractivity contribution >= 4 is 17.2 Å². The Balaban J connectivity index is 2.41. The number of aryl methyl sites for hydroxylation is 3. The van der Waals surface area contributed by atoms with Gasteiger partial charge in [0.1, 0.15) is 0 Å². The van der Waals surface area contributed by atoms with Gasteiger partial charge in [-0.05, 0) is 80.7 Å². The molecule has 0 unspecified atom stereocenters. The molecule has 0 radical (unpaired) electrons. The average Bonchev–Trinajstić information content (AvgIpc) is 3.10. The summed E-state index contributed by atoms with van der Waals surface area (Å²) < 4.78 is 0. The molecule has 0 bridgehead atoms. The number of hydrogen-bond donors (Lipinski definition) is 2. The van der Waals surface area contributed by atoms with Gasteiger partial charge in [0.2, 0.25) is 0 Å². The minimum absolute atomic E-state index is 0.111. The molecule has 4 heteroatoms. The molecule has 3 nitrogen and oxygen atoms in total. The van der Waals surface area contributed by atoms with Gasteiger partial charge in [-0.1, -0.05) is 45.9 Å². The van der Waals surface area contributed by atoms with Crippen LogP contribution in [-0.2, 0) is 11.8 Å². The summed E-state index contributed by atoms with van der Waals surface area (Å²) in [6.07, 6.45) is 5.18. The normalized spacial score (nSPS) is 12.4. The third-order valence-corrected chi connectivity index (χ3v) is 8.35. The Kier molecular flexibility index (Phi) is 7.69. The summed E-state index contributed by atoms with van der Waals surface area (Å²) in [6, 6.07) is 8.92. The van der Waals surface area contributed by atoms with Crippen LogP contribution in [0.4, 0.5) is 0 Å². The third kappa shape index (κ3) is 4.75. The predicted molar refractivity (Wildman–Crippen MR) is 124 cm³/mol. The van der Waals surface area contributed by atoms with Crippen molar-refractivity contribution in [3.05, 3.63) is 56.3 Å². The molecule has 0 spiro atoms. The van der Waals surface area contributed by atoms with Crippen LogP contribution >= 0.6 is 11.3 Å². The van der Waals surface area contributed by atoms with E-state index in [1.54, 1.807) is 11.3 Å². The van der Waals surface area contributed by atoms with Crippen molar-refractivity contribution in [2.45, 2.75) is 91.1 Å². The van der Waals surface area contributed by atoms with Crippen LogP contribution in [-0.4, -0.2) is 16.6 Å². The number of aliphatic hydroxyl groups is 1. The van der Waals surface area contributed by atoms with E-state index in [-0.39, 0.29) is 11.3 Å². The summed E-state index contributed by atoms with van der Waals surface area (Å²) in [5, 5.41) is 10.6. The van der Waals surface area contributed by atoms with Gasteiger partial charge in [0.25, 0.3) is 5.91 Å². The maximum absolute atomic E-state index is 11.8. The Morgan fingerprint density at radius 1 is 1.00 bits per heavy atom. The van der Waals surface area contributed by atoms with Crippen LogP contribution in [0.1, 0.15) is 96.6 Å². The van der Waals surface area contributed by atoms with Gasteiger partial charge in [-0.2, -0.15) is 0 Å². The molecule has 0 saturated carbocycles. The lowest BCUT2D eigenvalue weighted by Crippen LogP contribution is -2.27. The van der Waals surface area contributed by atoms with E-state index in [4.69, 9.17) is 5.73 Å². The Labute approximate surface area is 180 Å². The first-order valence-electron chi connectivity index (χ1n) is 10.9. The zero-order valence-corrected chi connectivity index (χ0v) is 19.7. The maximum Gasteiger partial charge on any atom is 0.259 e. The van der Waals surface area contributed by atoms with Crippen molar-refractivity contribution in [1.82, 2.24) is 0 Å². The highest BCUT2D eigenvalue weighted by atomic mass is 32.1. The van der Waals surface area contributed by atoms with Gasteiger partial charge in [-0.3, -0.25) is 4.79 Å². The molecule has 0 saturated heterocycles. The molecule has 1 aromatic carbocycles. The standard InChI is InChI=1S/C25H37NO2S/c1-7-24(28,8-2)14-13-19-11-12-20(15-17(19)5)25(9-3,10-4)21-16-18(6)22(29-21)23(26)27/h11-12,15-16,28H,7-10,13-14H2,1-6H3,(H2,26,27). The predicted octanol–water partition coefficient (Wildman–Crippen LogP) is 6.05. The molecule has 0 aliphatic heterocycles. The quantitative estimate of drug-likeness (QED) is 0.496. The largest absolute Gasteiger partial charge is 0.390 e. The van der Waals surface area contributed by atoms with Crippen molar-refractivity contribution < 1.29 is 9.90 Å². The number of benzene rings is 1. The third-order valence-electron chi connectivity index (χ3n) is 6.89. The van der Waals surface area contributed by atoms with E-state index >= 15 is 0 Å². The van der Waals surface area contributed by atoms with Gasteiger partial charge in [-0.25, -0.2) is 0 Å². The van der Waals surface area contributed by atoms with Crippen LogP contribution in [0.15, 0.2) is 24.3 Å². The van der Waals surface area contributed by atoms with Crippen LogP contribution < -0.4 is 5.73 Å². The molecular weight excluding hydrogens is 378 g/mol. The van der Waals surface area contributed by atoms with Gasteiger partial charge in [0, 0.05) is 10.3 Å². The summed E-state index contributed by atoms with van der Waals surface area (Å²) in [5.41, 5.74) is 9.73. The fraction of sp³-hybridized carbons (Fsp3) is 0.560. The number of nitrogens with two attached hydrogens (primary N) is 1. The summed E-state index contributed by atoms with van der Waals surface area (Å²) in [4.78, 5) is 13.7. The number of primary amides is 1. The van der Waals surface area contributed by atoms with Crippen molar-refractivity contribution in [2.75, 3.05) is 0 Å². The van der Waals surface area contributed by atoms with Gasteiger partial charge in [0.15, 0.2) is 0 Å². The first kappa shape index (κ1) is 23.6. The smallest absolute Gasteiger partial charge is 0.259 e. The summed E-state index contributed by atoms with van der Waals surface area (Å²) >= 11 is 1.54. The average molecular weight is 416 g/mol. The van der Waals surface area contributed by atoms with Crippen molar-refractivity contribution in [3.8, 4) is 0 Å². The van der Waals surface area contributed by atoms with Crippen LogP contribution in [0.5, 0.6) is 0 Å². The number of rotatable bonds is 10. The number of thiophene rings is 1. The molecule has 1 aromatic heterocycles. The summed E-state index contributed by atoms with van der Waals surface area (Å²) in [5.74, 6) is -0.342. The summed E-state index contributed by atoms with van der Waals surface area (Å²) in [7, 11) is 0. The maximum atomic E-state index is 11.8. The minimum Gasteiger partial charge on any atom is -0.390 e. The lowest BCUT2D eigenvalue weighted by atomic mass is 9.73. The lowest BCUT2D eigenvalue weighted by molar-refractivity contribution is 0.0239. The number of amides is 1. The Bertz CT molecular complexity index is 845. The SMILES string of the molecule is CCC(O)(CC)CCc1ccc(C(CC)(CC)c2cc(C)c(C(N)=O)s2)cc1C. The monoisotopic (exact) mass is 415 g/mol. The van der Waals surface area contributed by atoms with E-state index in [9.17, 15) is 9.90 Å². The topological polar surface area (TPSA) is 63.3 Å². The van der Waals surface area contributed by atoms with Gasteiger partial charge < -0.3 is 10.8 Å². The highest BCUT2D eigenvalue weighted by Crippen LogP contribution is 2.43. The van der Waals surface area contributed by atoms with E-state index in [1.165, 1.54) is 21.6 Å². The van der Waals surface area contributed by atoms with Gasteiger partial charge in [-0.15, -0.1) is 11.3 Å². The molecule has 1 heterocycles. The van der Waals surface area contributed by atoms with Crippen LogP contribution in [0.25, 0.3) is 0 Å². The minimum atomic E-state index is -0.568. The van der Waals surface area contributed by atoms with Crippen molar-refractivity contribution in [1.29, 1.82) is 0 Å². The molecule has 29 heavy (non-hydrogen) atoms. The number of carbonyl (C=O) groups is 1. The van der Waals surface area contributed by atoms with E-state index in [2.05, 4.69) is 58.9 Å². The first-order valence-corrected chi connectivity index (χ1v) is 11.7. The second-order valence-corrected chi connectivity index (χ2v) is 9.40. The first-order chi connectivity index (χ1) is 13.7. The molecule has 2 rings (SSSR count). The number of hydrogen-bond acceptors (Lipinski definition) is 3. The molecule has 3 N–H and O–H groups in total. The fourth-order valence-electron chi connectivity index (χ4n) is 4.36. The van der Waals surface area contributed by atoms with E-state index in [0.29, 0.717) is 4.88 Å².